The predicted molar refractivity (Wildman–Crippen MR) is 82.0 cm³/mol. The average molecular weight is 331 g/mol. The lowest BCUT2D eigenvalue weighted by atomic mass is 10.3. The van der Waals surface area contributed by atoms with Gasteiger partial charge in [0.1, 0.15) is 0 Å². The number of rotatable bonds is 4. The highest BCUT2D eigenvalue weighted by Crippen LogP contribution is 2.35. The van der Waals surface area contributed by atoms with Gasteiger partial charge in [0, 0.05) is 10.7 Å². The molecule has 1 N–H and O–H groups in total. The quantitative estimate of drug-likeness (QED) is 0.885. The molecule has 0 atom stereocenters. The molecule has 0 aliphatic carbocycles. The van der Waals surface area contributed by atoms with Gasteiger partial charge in [0.2, 0.25) is 0 Å². The number of para-hydroxylation sites is 1. The minimum absolute atomic E-state index is 0.198. The third kappa shape index (κ3) is 4.04. The Labute approximate surface area is 131 Å². The fraction of sp³-hybridized carbons (Fsp3) is 0.0714. The Balaban J connectivity index is 1.97. The van der Waals surface area contributed by atoms with Gasteiger partial charge in [-0.3, -0.25) is 4.79 Å². The molecular weight excluding hydrogens is 321 g/mol. The van der Waals surface area contributed by atoms with Crippen molar-refractivity contribution in [2.24, 2.45) is 0 Å². The number of carbonyl (C=O) groups excluding carboxylic acids is 1. The zero-order chi connectivity index (χ0) is 14.5. The molecule has 3 nitrogen and oxygen atoms in total. The molecule has 20 heavy (non-hydrogen) atoms. The van der Waals surface area contributed by atoms with Crippen molar-refractivity contribution in [2.45, 2.75) is 0 Å². The second kappa shape index (κ2) is 6.84. The summed E-state index contributed by atoms with van der Waals surface area (Å²) in [5, 5.41) is 3.61. The maximum absolute atomic E-state index is 11.7. The van der Waals surface area contributed by atoms with Gasteiger partial charge in [0.25, 0.3) is 5.91 Å². The molecule has 2 aromatic carbocycles. The Morgan fingerprint density at radius 2 is 1.65 bits per heavy atom. The van der Waals surface area contributed by atoms with Gasteiger partial charge in [-0.25, -0.2) is 0 Å². The lowest BCUT2D eigenvalue weighted by Gasteiger charge is -2.10. The van der Waals surface area contributed by atoms with Gasteiger partial charge in [0.15, 0.2) is 12.4 Å². The molecule has 2 rings (SSSR count). The van der Waals surface area contributed by atoms with E-state index in [1.807, 2.05) is 18.2 Å². The number of ether oxygens (including phenoxy) is 1. The molecule has 0 fully saturated rings. The molecule has 2 aromatic rings. The first-order valence-corrected chi connectivity index (χ1v) is 6.82. The summed E-state index contributed by atoms with van der Waals surface area (Å²) in [4.78, 5) is 11.7. The van der Waals surface area contributed by atoms with E-state index in [2.05, 4.69) is 5.32 Å². The Hall–Kier alpha value is -1.42. The molecular formula is C14H10Cl3NO2. The van der Waals surface area contributed by atoms with Crippen LogP contribution in [0.25, 0.3) is 0 Å². The lowest BCUT2D eigenvalue weighted by Crippen LogP contribution is -2.20. The summed E-state index contributed by atoms with van der Waals surface area (Å²) in [6, 6.07) is 12.1. The normalized spacial score (nSPS) is 10.2. The molecule has 0 aliphatic heterocycles. The van der Waals surface area contributed by atoms with Crippen molar-refractivity contribution in [3.8, 4) is 5.75 Å². The fourth-order valence-electron chi connectivity index (χ4n) is 1.52. The molecule has 1 amide bonds. The van der Waals surface area contributed by atoms with Crippen molar-refractivity contribution in [3.05, 3.63) is 57.5 Å². The summed E-state index contributed by atoms with van der Waals surface area (Å²) in [7, 11) is 0. The first kappa shape index (κ1) is 15.0. The highest BCUT2D eigenvalue weighted by molar-refractivity contribution is 6.40. The topological polar surface area (TPSA) is 38.3 Å². The van der Waals surface area contributed by atoms with E-state index in [1.54, 1.807) is 12.1 Å². The monoisotopic (exact) mass is 329 g/mol. The Bertz CT molecular complexity index is 594. The van der Waals surface area contributed by atoms with E-state index in [0.717, 1.165) is 0 Å². The molecule has 0 spiro atoms. The lowest BCUT2D eigenvalue weighted by molar-refractivity contribution is -0.118. The van der Waals surface area contributed by atoms with E-state index in [0.29, 0.717) is 10.7 Å². The van der Waals surface area contributed by atoms with Gasteiger partial charge in [-0.15, -0.1) is 0 Å². The van der Waals surface area contributed by atoms with Crippen molar-refractivity contribution >= 4 is 46.4 Å². The summed E-state index contributed by atoms with van der Waals surface area (Å²) in [6.07, 6.45) is 0. The molecule has 104 valence electrons. The zero-order valence-electron chi connectivity index (χ0n) is 10.2. The third-order valence-electron chi connectivity index (χ3n) is 2.37. The number of amides is 1. The van der Waals surface area contributed by atoms with Crippen molar-refractivity contribution in [3.63, 3.8) is 0 Å². The molecule has 0 saturated heterocycles. The van der Waals surface area contributed by atoms with Crippen LogP contribution in [-0.4, -0.2) is 12.5 Å². The standard InChI is InChI=1S/C14H10Cl3NO2/c15-9-6-11(16)14(12(17)7-9)20-8-13(19)18-10-4-2-1-3-5-10/h1-7H,8H2,(H,18,19). The fourth-order valence-corrected chi connectivity index (χ4v) is 2.45. The summed E-state index contributed by atoms with van der Waals surface area (Å²) in [5.74, 6) is -0.0702. The second-order valence-electron chi connectivity index (χ2n) is 3.90. The third-order valence-corrected chi connectivity index (χ3v) is 3.15. The molecule has 0 aliphatic rings. The number of carbonyl (C=O) groups is 1. The number of hydrogen-bond acceptors (Lipinski definition) is 2. The highest BCUT2D eigenvalue weighted by Gasteiger charge is 2.11. The number of halogens is 3. The first-order chi connectivity index (χ1) is 9.56. The van der Waals surface area contributed by atoms with Crippen LogP contribution in [0.15, 0.2) is 42.5 Å². The summed E-state index contributed by atoms with van der Waals surface area (Å²) in [5.41, 5.74) is 0.689. The van der Waals surface area contributed by atoms with Crippen LogP contribution in [-0.2, 0) is 4.79 Å². The highest BCUT2D eigenvalue weighted by atomic mass is 35.5. The number of hydrogen-bond donors (Lipinski definition) is 1. The molecule has 0 bridgehead atoms. The van der Waals surface area contributed by atoms with Gasteiger partial charge in [-0.1, -0.05) is 53.0 Å². The minimum atomic E-state index is -0.307. The van der Waals surface area contributed by atoms with E-state index in [1.165, 1.54) is 12.1 Å². The molecule has 0 radical (unpaired) electrons. The van der Waals surface area contributed by atoms with E-state index in [4.69, 9.17) is 39.5 Å². The molecule has 0 saturated carbocycles. The summed E-state index contributed by atoms with van der Waals surface area (Å²) < 4.78 is 5.32. The van der Waals surface area contributed by atoms with Crippen molar-refractivity contribution in [2.75, 3.05) is 11.9 Å². The molecule has 0 aromatic heterocycles. The van der Waals surface area contributed by atoms with Gasteiger partial charge >= 0.3 is 0 Å². The Morgan fingerprint density at radius 1 is 1.05 bits per heavy atom. The number of benzene rings is 2. The van der Waals surface area contributed by atoms with Crippen LogP contribution in [0.2, 0.25) is 15.1 Å². The smallest absolute Gasteiger partial charge is 0.262 e. The maximum Gasteiger partial charge on any atom is 0.262 e. The zero-order valence-corrected chi connectivity index (χ0v) is 12.5. The predicted octanol–water partition coefficient (Wildman–Crippen LogP) is 4.66. The number of nitrogens with one attached hydrogen (secondary N) is 1. The molecule has 6 heteroatoms. The van der Waals surface area contributed by atoms with Crippen LogP contribution in [0.5, 0.6) is 5.75 Å². The SMILES string of the molecule is O=C(COc1c(Cl)cc(Cl)cc1Cl)Nc1ccccc1. The van der Waals surface area contributed by atoms with Crippen LogP contribution in [0, 0.1) is 0 Å². The van der Waals surface area contributed by atoms with Crippen LogP contribution < -0.4 is 10.1 Å². The average Bonchev–Trinajstić information content (AvgIpc) is 2.38. The van der Waals surface area contributed by atoms with Gasteiger partial charge in [-0.2, -0.15) is 0 Å². The van der Waals surface area contributed by atoms with Crippen LogP contribution in [0.1, 0.15) is 0 Å². The Kier molecular flexibility index (Phi) is 5.12. The van der Waals surface area contributed by atoms with Gasteiger partial charge in [-0.05, 0) is 24.3 Å². The Morgan fingerprint density at radius 3 is 2.25 bits per heavy atom. The van der Waals surface area contributed by atoms with Crippen molar-refractivity contribution < 1.29 is 9.53 Å². The van der Waals surface area contributed by atoms with Crippen LogP contribution in [0.4, 0.5) is 5.69 Å². The van der Waals surface area contributed by atoms with E-state index >= 15 is 0 Å². The van der Waals surface area contributed by atoms with Gasteiger partial charge < -0.3 is 10.1 Å². The summed E-state index contributed by atoms with van der Waals surface area (Å²) >= 11 is 17.7. The van der Waals surface area contributed by atoms with E-state index < -0.39 is 0 Å². The molecule has 0 heterocycles. The van der Waals surface area contributed by atoms with Crippen molar-refractivity contribution in [1.82, 2.24) is 0 Å². The molecule has 0 unspecified atom stereocenters. The second-order valence-corrected chi connectivity index (χ2v) is 5.15. The number of anilines is 1. The summed E-state index contributed by atoms with van der Waals surface area (Å²) in [6.45, 7) is -0.198. The van der Waals surface area contributed by atoms with E-state index in [9.17, 15) is 4.79 Å². The van der Waals surface area contributed by atoms with Crippen molar-refractivity contribution in [1.29, 1.82) is 0 Å². The maximum atomic E-state index is 11.7. The van der Waals surface area contributed by atoms with E-state index in [-0.39, 0.29) is 28.3 Å². The van der Waals surface area contributed by atoms with Crippen LogP contribution >= 0.6 is 34.8 Å². The van der Waals surface area contributed by atoms with Gasteiger partial charge in [0.05, 0.1) is 10.0 Å². The first-order valence-electron chi connectivity index (χ1n) is 5.68. The van der Waals surface area contributed by atoms with Crippen LogP contribution in [0.3, 0.4) is 0 Å². The largest absolute Gasteiger partial charge is 0.481 e. The minimum Gasteiger partial charge on any atom is -0.481 e.